The van der Waals surface area contributed by atoms with Crippen molar-refractivity contribution in [3.05, 3.63) is 82.7 Å². The topological polar surface area (TPSA) is 59.8 Å². The van der Waals surface area contributed by atoms with Gasteiger partial charge in [-0.25, -0.2) is 9.97 Å². The SMILES string of the molecule is Cc1ccc(-c2ccsc2C(=O)Nc2ccc(-n3ccnc3C)nc2)cc1. The molecule has 27 heavy (non-hydrogen) atoms. The maximum Gasteiger partial charge on any atom is 0.266 e. The molecule has 0 bridgehead atoms. The van der Waals surface area contributed by atoms with E-state index in [4.69, 9.17) is 0 Å². The monoisotopic (exact) mass is 374 g/mol. The van der Waals surface area contributed by atoms with Crippen molar-refractivity contribution < 1.29 is 4.79 Å². The molecule has 5 nitrogen and oxygen atoms in total. The van der Waals surface area contributed by atoms with Crippen molar-refractivity contribution in [3.8, 4) is 16.9 Å². The molecule has 0 unspecified atom stereocenters. The number of benzene rings is 1. The van der Waals surface area contributed by atoms with E-state index in [0.717, 1.165) is 22.8 Å². The van der Waals surface area contributed by atoms with Gasteiger partial charge in [0.25, 0.3) is 5.91 Å². The number of carbonyl (C=O) groups is 1. The van der Waals surface area contributed by atoms with Crippen molar-refractivity contribution in [3.63, 3.8) is 0 Å². The molecule has 0 fully saturated rings. The van der Waals surface area contributed by atoms with Crippen LogP contribution >= 0.6 is 11.3 Å². The Balaban J connectivity index is 1.54. The lowest BCUT2D eigenvalue weighted by Gasteiger charge is -2.08. The third kappa shape index (κ3) is 3.52. The van der Waals surface area contributed by atoms with Gasteiger partial charge in [0.1, 0.15) is 11.6 Å². The summed E-state index contributed by atoms with van der Waals surface area (Å²) in [4.78, 5) is 22.1. The molecule has 0 aliphatic heterocycles. The highest BCUT2D eigenvalue weighted by Gasteiger charge is 2.15. The van der Waals surface area contributed by atoms with Crippen LogP contribution in [0.25, 0.3) is 16.9 Å². The van der Waals surface area contributed by atoms with E-state index in [1.165, 1.54) is 16.9 Å². The zero-order chi connectivity index (χ0) is 18.8. The minimum atomic E-state index is -0.131. The van der Waals surface area contributed by atoms with E-state index in [9.17, 15) is 4.79 Å². The lowest BCUT2D eigenvalue weighted by atomic mass is 10.0. The second-order valence-electron chi connectivity index (χ2n) is 6.23. The van der Waals surface area contributed by atoms with E-state index < -0.39 is 0 Å². The standard InChI is InChI=1S/C21H18N4OS/c1-14-3-5-16(6-4-14)18-9-12-27-20(18)21(26)24-17-7-8-19(23-13-17)25-11-10-22-15(25)2/h3-13H,1-2H3,(H,24,26). The number of imidazole rings is 1. The number of carbonyl (C=O) groups excluding carboxylic acids is 1. The minimum absolute atomic E-state index is 0.131. The fourth-order valence-corrected chi connectivity index (χ4v) is 3.67. The Kier molecular flexibility index (Phi) is 4.56. The summed E-state index contributed by atoms with van der Waals surface area (Å²) in [5.41, 5.74) is 3.83. The maximum absolute atomic E-state index is 12.8. The molecular weight excluding hydrogens is 356 g/mol. The Bertz CT molecular complexity index is 1080. The Morgan fingerprint density at radius 2 is 1.85 bits per heavy atom. The molecule has 0 aliphatic rings. The highest BCUT2D eigenvalue weighted by molar-refractivity contribution is 7.12. The van der Waals surface area contributed by atoms with Gasteiger partial charge in [-0.15, -0.1) is 11.3 Å². The molecule has 0 radical (unpaired) electrons. The summed E-state index contributed by atoms with van der Waals surface area (Å²) < 4.78 is 1.89. The van der Waals surface area contributed by atoms with Gasteiger partial charge in [-0.1, -0.05) is 29.8 Å². The van der Waals surface area contributed by atoms with Crippen molar-refractivity contribution in [1.29, 1.82) is 0 Å². The molecule has 3 heterocycles. The number of rotatable bonds is 4. The highest BCUT2D eigenvalue weighted by atomic mass is 32.1. The summed E-state index contributed by atoms with van der Waals surface area (Å²) in [6.45, 7) is 3.97. The predicted octanol–water partition coefficient (Wildman–Crippen LogP) is 4.86. The minimum Gasteiger partial charge on any atom is -0.320 e. The van der Waals surface area contributed by atoms with Crippen LogP contribution in [-0.4, -0.2) is 20.4 Å². The zero-order valence-corrected chi connectivity index (χ0v) is 15.8. The van der Waals surface area contributed by atoms with Crippen LogP contribution in [0.1, 0.15) is 21.1 Å². The molecule has 3 aromatic heterocycles. The molecule has 0 aliphatic carbocycles. The summed E-state index contributed by atoms with van der Waals surface area (Å²) in [6.07, 6.45) is 5.25. The van der Waals surface area contributed by atoms with E-state index in [-0.39, 0.29) is 5.91 Å². The number of nitrogens with zero attached hydrogens (tertiary/aromatic N) is 3. The molecule has 4 aromatic rings. The average molecular weight is 374 g/mol. The van der Waals surface area contributed by atoms with Crippen LogP contribution in [0.2, 0.25) is 0 Å². The molecule has 134 valence electrons. The molecule has 4 rings (SSSR count). The summed E-state index contributed by atoms with van der Waals surface area (Å²) in [6, 6.07) is 13.9. The van der Waals surface area contributed by atoms with Crippen molar-refractivity contribution in [2.24, 2.45) is 0 Å². The number of nitrogens with one attached hydrogen (secondary N) is 1. The third-order valence-corrected chi connectivity index (χ3v) is 5.23. The van der Waals surface area contributed by atoms with E-state index in [2.05, 4.69) is 27.4 Å². The first-order valence-electron chi connectivity index (χ1n) is 8.54. The van der Waals surface area contributed by atoms with E-state index >= 15 is 0 Å². The van der Waals surface area contributed by atoms with E-state index in [1.54, 1.807) is 12.4 Å². The number of amides is 1. The van der Waals surface area contributed by atoms with Crippen molar-refractivity contribution in [1.82, 2.24) is 14.5 Å². The van der Waals surface area contributed by atoms with Crippen LogP contribution in [0, 0.1) is 13.8 Å². The first-order chi connectivity index (χ1) is 13.1. The first kappa shape index (κ1) is 17.2. The molecule has 0 saturated carbocycles. The molecule has 1 aromatic carbocycles. The van der Waals surface area contributed by atoms with Crippen LogP contribution in [0.3, 0.4) is 0 Å². The van der Waals surface area contributed by atoms with Crippen LogP contribution in [0.15, 0.2) is 66.4 Å². The molecule has 0 spiro atoms. The molecule has 1 amide bonds. The molecule has 0 atom stereocenters. The van der Waals surface area contributed by atoms with Crippen molar-refractivity contribution in [2.75, 3.05) is 5.32 Å². The van der Waals surface area contributed by atoms with Gasteiger partial charge >= 0.3 is 0 Å². The average Bonchev–Trinajstić information content (AvgIpc) is 3.32. The Labute approximate surface area is 161 Å². The van der Waals surface area contributed by atoms with Crippen LogP contribution in [0.4, 0.5) is 5.69 Å². The van der Waals surface area contributed by atoms with Crippen molar-refractivity contribution in [2.45, 2.75) is 13.8 Å². The predicted molar refractivity (Wildman–Crippen MR) is 109 cm³/mol. The van der Waals surface area contributed by atoms with E-state index in [1.807, 2.05) is 60.3 Å². The lowest BCUT2D eigenvalue weighted by Crippen LogP contribution is -2.11. The Morgan fingerprint density at radius 3 is 2.52 bits per heavy atom. The van der Waals surface area contributed by atoms with Crippen LogP contribution in [-0.2, 0) is 0 Å². The fourth-order valence-electron chi connectivity index (χ4n) is 2.86. The summed E-state index contributed by atoms with van der Waals surface area (Å²) in [5, 5.41) is 4.87. The lowest BCUT2D eigenvalue weighted by molar-refractivity contribution is 0.103. The molecule has 0 saturated heterocycles. The number of aryl methyl sites for hydroxylation is 2. The van der Waals surface area contributed by atoms with Gasteiger partial charge in [0, 0.05) is 18.0 Å². The summed E-state index contributed by atoms with van der Waals surface area (Å²) in [7, 11) is 0. The highest BCUT2D eigenvalue weighted by Crippen LogP contribution is 2.29. The maximum atomic E-state index is 12.8. The fraction of sp³-hybridized carbons (Fsp3) is 0.0952. The Morgan fingerprint density at radius 1 is 1.04 bits per heavy atom. The first-order valence-corrected chi connectivity index (χ1v) is 9.42. The van der Waals surface area contributed by atoms with Crippen molar-refractivity contribution >= 4 is 22.9 Å². The molecule has 1 N–H and O–H groups in total. The number of thiophene rings is 1. The number of aromatic nitrogens is 3. The third-order valence-electron chi connectivity index (χ3n) is 4.31. The number of pyridine rings is 1. The number of hydrogen-bond acceptors (Lipinski definition) is 4. The summed E-state index contributed by atoms with van der Waals surface area (Å²) >= 11 is 1.43. The number of hydrogen-bond donors (Lipinski definition) is 1. The quantitative estimate of drug-likeness (QED) is 0.555. The largest absolute Gasteiger partial charge is 0.320 e. The number of anilines is 1. The van der Waals surface area contributed by atoms with Gasteiger partial charge in [-0.2, -0.15) is 0 Å². The smallest absolute Gasteiger partial charge is 0.266 e. The second kappa shape index (κ2) is 7.17. The normalized spacial score (nSPS) is 10.7. The molecular formula is C21H18N4OS. The van der Waals surface area contributed by atoms with Gasteiger partial charge < -0.3 is 5.32 Å². The van der Waals surface area contributed by atoms with E-state index in [0.29, 0.717) is 10.6 Å². The van der Waals surface area contributed by atoms with Gasteiger partial charge in [0.15, 0.2) is 0 Å². The Hall–Kier alpha value is -3.25. The zero-order valence-electron chi connectivity index (χ0n) is 15.0. The van der Waals surface area contributed by atoms with Gasteiger partial charge in [-0.3, -0.25) is 9.36 Å². The van der Waals surface area contributed by atoms with Crippen LogP contribution < -0.4 is 5.32 Å². The summed E-state index contributed by atoms with van der Waals surface area (Å²) in [5.74, 6) is 1.49. The van der Waals surface area contributed by atoms with Gasteiger partial charge in [0.2, 0.25) is 0 Å². The van der Waals surface area contributed by atoms with Gasteiger partial charge in [0.05, 0.1) is 16.8 Å². The molecule has 6 heteroatoms. The van der Waals surface area contributed by atoms with Gasteiger partial charge in [-0.05, 0) is 43.0 Å². The van der Waals surface area contributed by atoms with Crippen LogP contribution in [0.5, 0.6) is 0 Å². The second-order valence-corrected chi connectivity index (χ2v) is 7.15.